The third kappa shape index (κ3) is 11.6. The number of guanidine groups is 1. The van der Waals surface area contributed by atoms with Crippen LogP contribution in [-0.2, 0) is 45.2 Å². The Kier molecular flexibility index (Phi) is 14.1. The van der Waals surface area contributed by atoms with Crippen molar-refractivity contribution in [2.45, 2.75) is 134 Å². The molecule has 5 rings (SSSR count). The number of esters is 1. The highest BCUT2D eigenvalue weighted by Gasteiger charge is 2.43. The summed E-state index contributed by atoms with van der Waals surface area (Å²) in [5.41, 5.74) is 7.77. The summed E-state index contributed by atoms with van der Waals surface area (Å²) in [5, 5.41) is 10.5. The average molecular weight is 867 g/mol. The molecule has 2 aromatic carbocycles. The zero-order valence-corrected chi connectivity index (χ0v) is 36.8. The number of rotatable bonds is 9. The number of aliphatic imine (C=N–C) groups is 1. The summed E-state index contributed by atoms with van der Waals surface area (Å²) >= 11 is 0. The van der Waals surface area contributed by atoms with Gasteiger partial charge in [0.15, 0.2) is 0 Å². The number of nitrogens with one attached hydrogen (secondary N) is 5. The molecule has 0 aliphatic carbocycles. The lowest BCUT2D eigenvalue weighted by atomic mass is 9.88. The van der Waals surface area contributed by atoms with Crippen molar-refractivity contribution < 1.29 is 46.7 Å². The van der Waals surface area contributed by atoms with Crippen molar-refractivity contribution in [3.63, 3.8) is 0 Å². The molecule has 61 heavy (non-hydrogen) atoms. The van der Waals surface area contributed by atoms with Crippen LogP contribution in [0.3, 0.4) is 0 Å². The first-order chi connectivity index (χ1) is 28.5. The summed E-state index contributed by atoms with van der Waals surface area (Å²) < 4.78 is 41.4. The van der Waals surface area contributed by atoms with E-state index in [2.05, 4.69) is 31.0 Å². The Morgan fingerprint density at radius 3 is 2.33 bits per heavy atom. The molecule has 2 bridgehead atoms. The second-order valence-corrected chi connectivity index (χ2v) is 19.0. The first-order valence-electron chi connectivity index (χ1n) is 20.4. The summed E-state index contributed by atoms with van der Waals surface area (Å²) in [6, 6.07) is 3.76. The van der Waals surface area contributed by atoms with E-state index >= 15 is 0 Å². The minimum Gasteiger partial charge on any atom is -0.487 e. The number of carbonyl (C=O) groups excluding carboxylic acids is 6. The van der Waals surface area contributed by atoms with Gasteiger partial charge in [-0.05, 0) is 122 Å². The Morgan fingerprint density at radius 2 is 1.66 bits per heavy atom. The zero-order chi connectivity index (χ0) is 45.0. The second kappa shape index (κ2) is 18.5. The molecule has 0 saturated carbocycles. The van der Waals surface area contributed by atoms with Gasteiger partial charge in [-0.3, -0.25) is 33.8 Å². The molecule has 2 aromatic rings. The van der Waals surface area contributed by atoms with E-state index in [0.717, 1.165) is 11.1 Å². The lowest BCUT2D eigenvalue weighted by Gasteiger charge is -2.35. The highest BCUT2D eigenvalue weighted by molar-refractivity contribution is 7.90. The van der Waals surface area contributed by atoms with E-state index in [9.17, 15) is 37.2 Å². The first-order valence-corrected chi connectivity index (χ1v) is 21.8. The smallest absolute Gasteiger partial charge is 0.308 e. The van der Waals surface area contributed by atoms with Gasteiger partial charge in [0.1, 0.15) is 35.1 Å². The maximum atomic E-state index is 14.0. The van der Waals surface area contributed by atoms with Crippen LogP contribution in [0.2, 0.25) is 0 Å². The molecule has 0 unspecified atom stereocenters. The molecule has 3 aliphatic heterocycles. The van der Waals surface area contributed by atoms with Crippen LogP contribution in [0.5, 0.6) is 5.75 Å². The van der Waals surface area contributed by atoms with Crippen molar-refractivity contribution in [1.82, 2.24) is 30.9 Å². The lowest BCUT2D eigenvalue weighted by Crippen LogP contribution is -2.55. The van der Waals surface area contributed by atoms with E-state index in [1.54, 1.807) is 65.0 Å². The van der Waals surface area contributed by atoms with Gasteiger partial charge in [0, 0.05) is 24.7 Å². The SMILES string of the molecule is Cc1c(C)c(S(=O)(=O)NC(N)=NCCC[C@@H]2NC(=O)[C@@H]3C[C@H](CN3C(=O)c3ccccc3)NC(=O)[C@H](CC(=O)OC(C)(C)C)NC(=O)CNC2=O)c(C)c2c1OC(C)(C)CC2. The predicted molar refractivity (Wildman–Crippen MR) is 225 cm³/mol. The number of hydrogen-bond acceptors (Lipinski definition) is 11. The molecule has 3 aliphatic rings. The van der Waals surface area contributed by atoms with Gasteiger partial charge in [0.2, 0.25) is 29.6 Å². The van der Waals surface area contributed by atoms with Gasteiger partial charge in [-0.15, -0.1) is 0 Å². The Morgan fingerprint density at radius 1 is 0.967 bits per heavy atom. The number of hydrogen-bond donors (Lipinski definition) is 6. The molecule has 0 spiro atoms. The Bertz CT molecular complexity index is 2200. The predicted octanol–water partition coefficient (Wildman–Crippen LogP) is 1.32. The van der Waals surface area contributed by atoms with E-state index in [1.165, 1.54) is 4.90 Å². The fourth-order valence-corrected chi connectivity index (χ4v) is 9.29. The van der Waals surface area contributed by atoms with Crippen molar-refractivity contribution in [3.05, 3.63) is 58.1 Å². The van der Waals surface area contributed by atoms with E-state index < -0.39 is 88.3 Å². The zero-order valence-electron chi connectivity index (χ0n) is 36.0. The highest BCUT2D eigenvalue weighted by Crippen LogP contribution is 2.42. The lowest BCUT2D eigenvalue weighted by molar-refractivity contribution is -0.156. The standard InChI is InChI=1S/C42H58N8O10S/c1-23-24(2)35(25(3)28-16-17-42(7,8)60-34(23)28)61(57,58)49-40(43)44-18-12-15-29-36(53)45-21-32(51)47-30(20-33(52)59-41(4,5)6)37(54)46-27-19-31(38(55)48-29)50(22-27)39(56)26-13-10-9-11-14-26/h9-11,13-14,27,29-31H,12,15-22H2,1-8H3,(H,45,53)(H,46,54)(H,47,51)(H,48,55)(H3,43,44,49)/t27-,29+,30+,31+/m1/s1. The third-order valence-corrected chi connectivity index (χ3v) is 12.5. The summed E-state index contributed by atoms with van der Waals surface area (Å²) in [4.78, 5) is 86.3. The van der Waals surface area contributed by atoms with Crippen molar-refractivity contribution in [2.75, 3.05) is 19.6 Å². The van der Waals surface area contributed by atoms with Crippen LogP contribution >= 0.6 is 0 Å². The number of fused-ring (bicyclic) bond motifs is 3. The number of amides is 5. The second-order valence-electron chi connectivity index (χ2n) is 17.4. The van der Waals surface area contributed by atoms with Gasteiger partial charge in [-0.2, -0.15) is 0 Å². The van der Waals surface area contributed by atoms with E-state index in [-0.39, 0.29) is 48.8 Å². The maximum Gasteiger partial charge on any atom is 0.308 e. The Balaban J connectivity index is 1.33. The van der Waals surface area contributed by atoms with Gasteiger partial charge in [-0.25, -0.2) is 13.1 Å². The van der Waals surface area contributed by atoms with Crippen molar-refractivity contribution >= 4 is 51.5 Å². The third-order valence-electron chi connectivity index (χ3n) is 10.8. The summed E-state index contributed by atoms with van der Waals surface area (Å²) in [6.07, 6.45) is 0.907. The van der Waals surface area contributed by atoms with E-state index in [0.29, 0.717) is 35.3 Å². The summed E-state index contributed by atoms with van der Waals surface area (Å²) in [6.45, 7) is 13.5. The molecule has 4 atom stereocenters. The Labute approximate surface area is 356 Å². The molecule has 0 aromatic heterocycles. The van der Waals surface area contributed by atoms with Crippen LogP contribution < -0.4 is 36.5 Å². The number of ether oxygens (including phenoxy) is 2. The van der Waals surface area contributed by atoms with Gasteiger partial charge < -0.3 is 41.4 Å². The van der Waals surface area contributed by atoms with Crippen LogP contribution in [0, 0.1) is 20.8 Å². The number of nitrogens with two attached hydrogens (primary N) is 1. The maximum absolute atomic E-state index is 14.0. The van der Waals surface area contributed by atoms with Crippen LogP contribution in [0.1, 0.15) is 99.3 Å². The summed E-state index contributed by atoms with van der Waals surface area (Å²) in [7, 11) is -4.18. The molecular formula is C42H58N8O10S. The molecule has 18 nitrogen and oxygen atoms in total. The van der Waals surface area contributed by atoms with Crippen LogP contribution in [-0.4, -0.2) is 110 Å². The van der Waals surface area contributed by atoms with Crippen LogP contribution in [0.4, 0.5) is 0 Å². The molecular weight excluding hydrogens is 809 g/mol. The van der Waals surface area contributed by atoms with Crippen molar-refractivity contribution in [1.29, 1.82) is 0 Å². The fraction of sp³-hybridized carbons (Fsp3) is 0.548. The first kappa shape index (κ1) is 46.3. The molecule has 2 saturated heterocycles. The van der Waals surface area contributed by atoms with Crippen LogP contribution in [0.25, 0.3) is 0 Å². The molecule has 19 heteroatoms. The normalized spacial score (nSPS) is 22.4. The molecule has 332 valence electrons. The van der Waals surface area contributed by atoms with Crippen LogP contribution in [0.15, 0.2) is 40.2 Å². The minimum atomic E-state index is -4.18. The van der Waals surface area contributed by atoms with Gasteiger partial charge in [0.25, 0.3) is 15.9 Å². The largest absolute Gasteiger partial charge is 0.487 e. The number of carbonyl (C=O) groups is 6. The minimum absolute atomic E-state index is 0.0257. The van der Waals surface area contributed by atoms with Gasteiger partial charge in [0.05, 0.1) is 17.9 Å². The van der Waals surface area contributed by atoms with Crippen molar-refractivity contribution in [3.8, 4) is 5.75 Å². The molecule has 5 amide bonds. The number of sulfonamides is 1. The summed E-state index contributed by atoms with van der Waals surface area (Å²) in [5.74, 6) is -3.87. The quantitative estimate of drug-likeness (QED) is 0.0907. The molecule has 3 heterocycles. The monoisotopic (exact) mass is 866 g/mol. The molecule has 2 fully saturated rings. The number of likely N-dealkylation sites (tertiary alicyclic amines) is 1. The fourth-order valence-electron chi connectivity index (χ4n) is 7.76. The molecule has 7 N–H and O–H groups in total. The molecule has 0 radical (unpaired) electrons. The topological polar surface area (TPSA) is 257 Å². The highest BCUT2D eigenvalue weighted by atomic mass is 32.2. The number of benzene rings is 2. The average Bonchev–Trinajstić information content (AvgIpc) is 3.59. The number of nitrogens with zero attached hydrogens (tertiary/aromatic N) is 2. The van der Waals surface area contributed by atoms with Gasteiger partial charge >= 0.3 is 5.97 Å². The van der Waals surface area contributed by atoms with Gasteiger partial charge in [-0.1, -0.05) is 18.2 Å². The Hall–Kier alpha value is -5.72. The van der Waals surface area contributed by atoms with E-state index in [4.69, 9.17) is 15.2 Å². The van der Waals surface area contributed by atoms with E-state index in [1.807, 2.05) is 20.8 Å². The van der Waals surface area contributed by atoms with Crippen molar-refractivity contribution in [2.24, 2.45) is 10.7 Å².